The van der Waals surface area contributed by atoms with E-state index in [1.165, 1.54) is 76.6 Å². The van der Waals surface area contributed by atoms with Gasteiger partial charge >= 0.3 is 253 Å². The van der Waals surface area contributed by atoms with Crippen LogP contribution in [0.2, 0.25) is 0 Å². The van der Waals surface area contributed by atoms with Gasteiger partial charge in [-0.15, -0.1) is 0 Å². The molecular weight excluding hydrogens is 574 g/mol. The minimum atomic E-state index is -4.05. The van der Waals surface area contributed by atoms with Gasteiger partial charge < -0.3 is 0 Å². The molecule has 1 aliphatic rings. The Balaban J connectivity index is 1.89. The average molecular weight is 610 g/mol. The van der Waals surface area contributed by atoms with Gasteiger partial charge in [0.2, 0.25) is 0 Å². The van der Waals surface area contributed by atoms with E-state index in [1.807, 2.05) is 12.1 Å². The van der Waals surface area contributed by atoms with E-state index in [0.717, 1.165) is 5.56 Å². The van der Waals surface area contributed by atoms with E-state index in [-0.39, 0.29) is 10.6 Å². The SMILES string of the molecule is Cc1cc(C)[c]([Ge]([c]2c(C)cc(C)cc2C)([CH](C#N)c2ccc(F)cc2)[CH]2c3ccccc3-c3ccccc32)c(C)c1. The summed E-state index contributed by atoms with van der Waals surface area (Å²) in [6, 6.07) is 36.5. The Labute approximate surface area is 252 Å². The predicted octanol–water partition coefficient (Wildman–Crippen LogP) is 8.44. The van der Waals surface area contributed by atoms with E-state index in [0.29, 0.717) is 0 Å². The van der Waals surface area contributed by atoms with Crippen LogP contribution in [0.4, 0.5) is 4.39 Å². The van der Waals surface area contributed by atoms with Crippen molar-refractivity contribution in [1.29, 1.82) is 5.26 Å². The van der Waals surface area contributed by atoms with Crippen molar-refractivity contribution in [3.8, 4) is 17.2 Å². The van der Waals surface area contributed by atoms with Crippen LogP contribution in [-0.2, 0) is 0 Å². The van der Waals surface area contributed by atoms with Crippen molar-refractivity contribution < 1.29 is 4.39 Å². The van der Waals surface area contributed by atoms with E-state index in [9.17, 15) is 9.65 Å². The van der Waals surface area contributed by atoms with Crippen LogP contribution < -0.4 is 8.79 Å². The zero-order valence-electron chi connectivity index (χ0n) is 25.2. The molecule has 1 aliphatic carbocycles. The Kier molecular flexibility index (Phi) is 7.19. The van der Waals surface area contributed by atoms with Gasteiger partial charge in [-0.3, -0.25) is 0 Å². The van der Waals surface area contributed by atoms with Crippen molar-refractivity contribution in [3.05, 3.63) is 153 Å². The second-order valence-corrected chi connectivity index (χ2v) is 20.3. The summed E-state index contributed by atoms with van der Waals surface area (Å²) in [5.41, 5.74) is 13.5. The van der Waals surface area contributed by atoms with Crippen LogP contribution in [0.5, 0.6) is 0 Å². The summed E-state index contributed by atoms with van der Waals surface area (Å²) < 4.78 is 16.7. The zero-order valence-corrected chi connectivity index (χ0v) is 27.3. The standard InChI is InChI=1S/C39H36FGeN/c1-24-19-26(3)37(27(4)20-24)41(38-28(5)21-25(2)22-29(38)6,36(23-42)30-15-17-31(40)18-16-30)39-34-13-9-7-11-32(34)33-12-8-10-14-35(33)39/h7-22,36,39H,1-6H3. The van der Waals surface area contributed by atoms with Gasteiger partial charge in [0, 0.05) is 0 Å². The molecule has 0 saturated heterocycles. The zero-order chi connectivity index (χ0) is 29.8. The van der Waals surface area contributed by atoms with E-state index < -0.39 is 18.0 Å². The molecular formula is C39H36FGeN. The summed E-state index contributed by atoms with van der Waals surface area (Å²) >= 11 is -4.05. The van der Waals surface area contributed by atoms with Gasteiger partial charge in [0.1, 0.15) is 0 Å². The van der Waals surface area contributed by atoms with E-state index in [2.05, 4.69) is 120 Å². The van der Waals surface area contributed by atoms with Crippen LogP contribution >= 0.6 is 0 Å². The first kappa shape index (κ1) is 28.2. The summed E-state index contributed by atoms with van der Waals surface area (Å²) in [6.07, 6.45) is 0. The second kappa shape index (κ2) is 10.7. The van der Waals surface area contributed by atoms with Gasteiger partial charge in [0.15, 0.2) is 0 Å². The van der Waals surface area contributed by atoms with Crippen molar-refractivity contribution in [3.63, 3.8) is 0 Å². The first-order chi connectivity index (χ1) is 20.2. The second-order valence-electron chi connectivity index (χ2n) is 12.1. The fourth-order valence-corrected chi connectivity index (χ4v) is 23.1. The Morgan fingerprint density at radius 1 is 0.619 bits per heavy atom. The summed E-state index contributed by atoms with van der Waals surface area (Å²) in [4.78, 5) is 0. The van der Waals surface area contributed by atoms with Gasteiger partial charge in [0.25, 0.3) is 0 Å². The molecule has 0 spiro atoms. The molecule has 5 aromatic rings. The third-order valence-corrected chi connectivity index (χ3v) is 22.1. The molecule has 42 heavy (non-hydrogen) atoms. The van der Waals surface area contributed by atoms with Crippen LogP contribution in [0, 0.1) is 58.7 Å². The maximum absolute atomic E-state index is 14.4. The topological polar surface area (TPSA) is 23.8 Å². The number of halogens is 1. The van der Waals surface area contributed by atoms with Crippen molar-refractivity contribution in [2.24, 2.45) is 0 Å². The molecule has 1 nitrogen and oxygen atoms in total. The number of hydrogen-bond donors (Lipinski definition) is 0. The fraction of sp³-hybridized carbons (Fsp3) is 0.205. The van der Waals surface area contributed by atoms with Crippen molar-refractivity contribution in [2.45, 2.75) is 51.0 Å². The molecule has 5 aromatic carbocycles. The Morgan fingerprint density at radius 3 is 1.43 bits per heavy atom. The summed E-state index contributed by atoms with van der Waals surface area (Å²) in [5.74, 6) is -0.282. The molecule has 1 atom stereocenters. The molecule has 0 fully saturated rings. The molecule has 0 aromatic heterocycles. The van der Waals surface area contributed by atoms with Gasteiger partial charge in [-0.05, 0) is 0 Å². The first-order valence-corrected chi connectivity index (χ1v) is 19.2. The molecule has 6 rings (SSSR count). The molecule has 0 saturated carbocycles. The normalized spacial score (nSPS) is 13.4. The fourth-order valence-electron chi connectivity index (χ4n) is 8.27. The molecule has 3 heteroatoms. The number of nitrogens with zero attached hydrogens (tertiary/aromatic N) is 1. The number of fused-ring (bicyclic) bond motifs is 3. The molecule has 0 heterocycles. The van der Waals surface area contributed by atoms with Crippen LogP contribution in [0.15, 0.2) is 97.1 Å². The van der Waals surface area contributed by atoms with Gasteiger partial charge in [-0.1, -0.05) is 0 Å². The molecule has 1 unspecified atom stereocenters. The predicted molar refractivity (Wildman–Crippen MR) is 175 cm³/mol. The summed E-state index contributed by atoms with van der Waals surface area (Å²) in [5, 5.41) is 11.4. The van der Waals surface area contributed by atoms with Crippen molar-refractivity contribution >= 4 is 22.1 Å². The molecule has 208 valence electrons. The van der Waals surface area contributed by atoms with Crippen molar-refractivity contribution in [1.82, 2.24) is 0 Å². The monoisotopic (exact) mass is 611 g/mol. The van der Waals surface area contributed by atoms with Crippen LogP contribution in [0.1, 0.15) is 59.6 Å². The molecule has 0 N–H and O–H groups in total. The molecule has 0 bridgehead atoms. The number of aryl methyl sites for hydroxylation is 6. The van der Waals surface area contributed by atoms with E-state index in [1.54, 1.807) is 0 Å². The number of nitriles is 1. The van der Waals surface area contributed by atoms with Crippen LogP contribution in [-0.4, -0.2) is 13.3 Å². The van der Waals surface area contributed by atoms with Gasteiger partial charge in [-0.25, -0.2) is 0 Å². The molecule has 0 amide bonds. The molecule has 0 radical (unpaired) electrons. The third kappa shape index (κ3) is 4.26. The van der Waals surface area contributed by atoms with Gasteiger partial charge in [0.05, 0.1) is 0 Å². The summed E-state index contributed by atoms with van der Waals surface area (Å²) in [7, 11) is 0. The van der Waals surface area contributed by atoms with Gasteiger partial charge in [-0.2, -0.15) is 0 Å². The quantitative estimate of drug-likeness (QED) is 0.183. The van der Waals surface area contributed by atoms with E-state index in [4.69, 9.17) is 0 Å². The number of rotatable bonds is 5. The first-order valence-electron chi connectivity index (χ1n) is 14.7. The molecule has 0 aliphatic heterocycles. The Morgan fingerprint density at radius 2 is 1.02 bits per heavy atom. The van der Waals surface area contributed by atoms with Crippen LogP contribution in [0.3, 0.4) is 0 Å². The minimum absolute atomic E-state index is 0.0346. The average Bonchev–Trinajstić information content (AvgIpc) is 3.28. The Bertz CT molecular complexity index is 1730. The Hall–Kier alpha value is -3.94. The third-order valence-electron chi connectivity index (χ3n) is 9.26. The van der Waals surface area contributed by atoms with E-state index >= 15 is 0 Å². The summed E-state index contributed by atoms with van der Waals surface area (Å²) in [6.45, 7) is 13.3. The number of benzene rings is 5. The van der Waals surface area contributed by atoms with Crippen LogP contribution in [0.25, 0.3) is 11.1 Å². The number of hydrogen-bond acceptors (Lipinski definition) is 1. The van der Waals surface area contributed by atoms with Crippen molar-refractivity contribution in [2.75, 3.05) is 0 Å². The maximum atomic E-state index is 14.4.